The molecule has 0 heterocycles. The first-order valence-electron chi connectivity index (χ1n) is 8.72. The highest BCUT2D eigenvalue weighted by atomic mass is 16.5. The van der Waals surface area contributed by atoms with Crippen LogP contribution in [0.2, 0.25) is 0 Å². The van der Waals surface area contributed by atoms with E-state index in [1.54, 1.807) is 11.0 Å². The second kappa shape index (κ2) is 9.23. The zero-order chi connectivity index (χ0) is 18.2. The molecule has 25 heavy (non-hydrogen) atoms. The molecule has 0 bridgehead atoms. The summed E-state index contributed by atoms with van der Waals surface area (Å²) in [7, 11) is 5.78. The summed E-state index contributed by atoms with van der Waals surface area (Å²) in [6.45, 7) is 4.03. The van der Waals surface area contributed by atoms with Gasteiger partial charge < -0.3 is 14.5 Å². The van der Waals surface area contributed by atoms with Crippen molar-refractivity contribution in [1.29, 1.82) is 0 Å². The third kappa shape index (κ3) is 5.33. The highest BCUT2D eigenvalue weighted by Gasteiger charge is 2.13. The molecule has 0 aliphatic carbocycles. The van der Waals surface area contributed by atoms with Crippen LogP contribution in [0.1, 0.15) is 18.9 Å². The summed E-state index contributed by atoms with van der Waals surface area (Å²) in [6.07, 6.45) is 4.47. The average Bonchev–Trinajstić information content (AvgIpc) is 2.60. The molecule has 4 nitrogen and oxygen atoms in total. The number of hydrogen-bond acceptors (Lipinski definition) is 3. The van der Waals surface area contributed by atoms with E-state index in [1.165, 1.54) is 0 Å². The van der Waals surface area contributed by atoms with Crippen LogP contribution in [0.3, 0.4) is 0 Å². The Balaban J connectivity index is 2.25. The fourth-order valence-corrected chi connectivity index (χ4v) is 2.63. The molecule has 2 rings (SSSR count). The predicted octanol–water partition coefficient (Wildman–Crippen LogP) is 3.70. The number of rotatable bonds is 8. The van der Waals surface area contributed by atoms with E-state index < -0.39 is 0 Å². The van der Waals surface area contributed by atoms with Gasteiger partial charge in [-0.05, 0) is 37.4 Å². The van der Waals surface area contributed by atoms with Crippen LogP contribution in [-0.2, 0) is 11.3 Å². The zero-order valence-electron chi connectivity index (χ0n) is 15.7. The first-order valence-corrected chi connectivity index (χ1v) is 8.72. The molecule has 0 N–H and O–H groups in total. The first-order chi connectivity index (χ1) is 12.0. The van der Waals surface area contributed by atoms with Crippen LogP contribution in [0.5, 0.6) is 5.75 Å². The number of nitrogens with zero attached hydrogens (tertiary/aromatic N) is 2. The normalized spacial score (nSPS) is 11.4. The van der Waals surface area contributed by atoms with Crippen molar-refractivity contribution < 1.29 is 9.53 Å². The number of carbonyl (C=O) groups excluding carboxylic acids is 1. The van der Waals surface area contributed by atoms with Crippen LogP contribution in [0, 0.1) is 0 Å². The van der Waals surface area contributed by atoms with Gasteiger partial charge in [0.05, 0.1) is 6.61 Å². The molecule has 0 spiro atoms. The maximum Gasteiger partial charge on any atom is 0.246 e. The standard InChI is InChI=1S/C21H28N2O2/c1-5-15-25-20-13-12-17-9-6-7-10-18(17)19(20)16-23(4)21(24)11-8-14-22(2)3/h6-13H,5,14-16H2,1-4H3/b11-8+. The third-order valence-corrected chi connectivity index (χ3v) is 3.96. The van der Waals surface area contributed by atoms with Crippen molar-refractivity contribution in [3.63, 3.8) is 0 Å². The summed E-state index contributed by atoms with van der Waals surface area (Å²) in [5.74, 6) is 0.855. The first kappa shape index (κ1) is 19.0. The molecule has 0 aliphatic rings. The van der Waals surface area contributed by atoms with Gasteiger partial charge in [0.15, 0.2) is 0 Å². The van der Waals surface area contributed by atoms with Gasteiger partial charge in [0.1, 0.15) is 5.75 Å². The molecule has 134 valence electrons. The average molecular weight is 340 g/mol. The molecule has 0 fully saturated rings. The summed E-state index contributed by atoms with van der Waals surface area (Å²) >= 11 is 0. The van der Waals surface area contributed by atoms with Crippen molar-refractivity contribution in [2.75, 3.05) is 34.3 Å². The fraction of sp³-hybridized carbons (Fsp3) is 0.381. The van der Waals surface area contributed by atoms with Crippen molar-refractivity contribution in [3.05, 3.63) is 54.1 Å². The Morgan fingerprint density at radius 2 is 1.88 bits per heavy atom. The van der Waals surface area contributed by atoms with E-state index in [0.29, 0.717) is 13.2 Å². The molecule has 2 aromatic carbocycles. The quantitative estimate of drug-likeness (QED) is 0.687. The summed E-state index contributed by atoms with van der Waals surface area (Å²) in [5, 5.41) is 2.29. The van der Waals surface area contributed by atoms with Crippen molar-refractivity contribution in [1.82, 2.24) is 9.80 Å². The Morgan fingerprint density at radius 3 is 2.60 bits per heavy atom. The molecular formula is C21H28N2O2. The van der Waals surface area contributed by atoms with Crippen molar-refractivity contribution in [2.45, 2.75) is 19.9 Å². The van der Waals surface area contributed by atoms with Crippen molar-refractivity contribution in [2.24, 2.45) is 0 Å². The second-order valence-electron chi connectivity index (χ2n) is 6.47. The minimum absolute atomic E-state index is 0.00349. The molecular weight excluding hydrogens is 312 g/mol. The lowest BCUT2D eigenvalue weighted by Crippen LogP contribution is -2.25. The van der Waals surface area contributed by atoms with E-state index in [-0.39, 0.29) is 5.91 Å². The van der Waals surface area contributed by atoms with E-state index in [0.717, 1.165) is 35.1 Å². The largest absolute Gasteiger partial charge is 0.493 e. The van der Waals surface area contributed by atoms with Crippen molar-refractivity contribution in [3.8, 4) is 5.75 Å². The van der Waals surface area contributed by atoms with E-state index in [9.17, 15) is 4.79 Å². The van der Waals surface area contributed by atoms with E-state index >= 15 is 0 Å². The summed E-state index contributed by atoms with van der Waals surface area (Å²) in [4.78, 5) is 16.1. The molecule has 1 amide bonds. The van der Waals surface area contributed by atoms with Crippen LogP contribution < -0.4 is 4.74 Å². The maximum atomic E-state index is 12.4. The summed E-state index contributed by atoms with van der Waals surface area (Å²) in [5.41, 5.74) is 1.06. The van der Waals surface area contributed by atoms with E-state index in [1.807, 2.05) is 50.3 Å². The number of benzene rings is 2. The Hall–Kier alpha value is -2.33. The van der Waals surface area contributed by atoms with Gasteiger partial charge in [-0.15, -0.1) is 0 Å². The second-order valence-corrected chi connectivity index (χ2v) is 6.47. The minimum atomic E-state index is -0.00349. The summed E-state index contributed by atoms with van der Waals surface area (Å²) in [6, 6.07) is 12.3. The number of hydrogen-bond donors (Lipinski definition) is 0. The molecule has 0 atom stereocenters. The fourth-order valence-electron chi connectivity index (χ4n) is 2.63. The van der Waals surface area contributed by atoms with E-state index in [4.69, 9.17) is 4.74 Å². The molecule has 0 unspecified atom stereocenters. The number of likely N-dealkylation sites (N-methyl/N-ethyl adjacent to an activating group) is 2. The molecule has 0 aliphatic heterocycles. The van der Waals surface area contributed by atoms with Crippen LogP contribution in [-0.4, -0.2) is 50.0 Å². The molecule has 0 radical (unpaired) electrons. The molecule has 4 heteroatoms. The Kier molecular flexibility index (Phi) is 7.02. The van der Waals surface area contributed by atoms with Gasteiger partial charge in [0.25, 0.3) is 0 Å². The van der Waals surface area contributed by atoms with Crippen molar-refractivity contribution >= 4 is 16.7 Å². The third-order valence-electron chi connectivity index (χ3n) is 3.96. The number of ether oxygens (including phenoxy) is 1. The number of carbonyl (C=O) groups is 1. The molecule has 0 saturated carbocycles. The highest BCUT2D eigenvalue weighted by molar-refractivity contribution is 5.90. The van der Waals surface area contributed by atoms with Gasteiger partial charge in [-0.1, -0.05) is 43.3 Å². The van der Waals surface area contributed by atoms with Crippen LogP contribution in [0.15, 0.2) is 48.6 Å². The van der Waals surface area contributed by atoms with Crippen LogP contribution in [0.4, 0.5) is 0 Å². The lowest BCUT2D eigenvalue weighted by atomic mass is 10.0. The lowest BCUT2D eigenvalue weighted by molar-refractivity contribution is -0.125. The number of fused-ring (bicyclic) bond motifs is 1. The molecule has 0 aromatic heterocycles. The van der Waals surface area contributed by atoms with Gasteiger partial charge in [0.2, 0.25) is 5.91 Å². The topological polar surface area (TPSA) is 32.8 Å². The van der Waals surface area contributed by atoms with Gasteiger partial charge in [-0.3, -0.25) is 4.79 Å². The highest BCUT2D eigenvalue weighted by Crippen LogP contribution is 2.29. The Labute approximate surface area is 150 Å². The Bertz CT molecular complexity index is 738. The van der Waals surface area contributed by atoms with Gasteiger partial charge in [-0.25, -0.2) is 0 Å². The Morgan fingerprint density at radius 1 is 1.12 bits per heavy atom. The monoisotopic (exact) mass is 340 g/mol. The number of amides is 1. The van der Waals surface area contributed by atoms with Crippen LogP contribution in [0.25, 0.3) is 10.8 Å². The van der Waals surface area contributed by atoms with Gasteiger partial charge in [-0.2, -0.15) is 0 Å². The molecule has 0 saturated heterocycles. The van der Waals surface area contributed by atoms with Gasteiger partial charge >= 0.3 is 0 Å². The molecule has 2 aromatic rings. The maximum absolute atomic E-state index is 12.4. The predicted molar refractivity (Wildman–Crippen MR) is 104 cm³/mol. The lowest BCUT2D eigenvalue weighted by Gasteiger charge is -2.20. The summed E-state index contributed by atoms with van der Waals surface area (Å²) < 4.78 is 5.92. The zero-order valence-corrected chi connectivity index (χ0v) is 15.7. The SMILES string of the molecule is CCCOc1ccc2ccccc2c1CN(C)C(=O)/C=C/CN(C)C. The van der Waals surface area contributed by atoms with E-state index in [2.05, 4.69) is 25.1 Å². The smallest absolute Gasteiger partial charge is 0.246 e. The van der Waals surface area contributed by atoms with Crippen LogP contribution >= 0.6 is 0 Å². The van der Waals surface area contributed by atoms with Gasteiger partial charge in [0, 0.05) is 31.8 Å². The minimum Gasteiger partial charge on any atom is -0.493 e.